The molecule has 1 aliphatic heterocycles. The number of hydrogen-bond donors (Lipinski definition) is 1. The summed E-state index contributed by atoms with van der Waals surface area (Å²) in [6.07, 6.45) is 1.30. The van der Waals surface area contributed by atoms with Gasteiger partial charge in [-0.2, -0.15) is 4.31 Å². The van der Waals surface area contributed by atoms with Crippen molar-refractivity contribution >= 4 is 43.2 Å². The van der Waals surface area contributed by atoms with Crippen LogP contribution < -0.4 is 5.32 Å². The van der Waals surface area contributed by atoms with Crippen molar-refractivity contribution in [3.8, 4) is 0 Å². The van der Waals surface area contributed by atoms with Gasteiger partial charge in [-0.05, 0) is 47.8 Å². The largest absolute Gasteiger partial charge is 0.355 e. The molecule has 0 saturated carbocycles. The molecule has 1 amide bonds. The van der Waals surface area contributed by atoms with E-state index in [1.165, 1.54) is 4.31 Å². The van der Waals surface area contributed by atoms with E-state index in [-0.39, 0.29) is 10.1 Å². The van der Waals surface area contributed by atoms with E-state index in [9.17, 15) is 13.2 Å². The second kappa shape index (κ2) is 5.90. The number of amides is 1. The van der Waals surface area contributed by atoms with Crippen LogP contribution in [-0.4, -0.2) is 37.8 Å². The summed E-state index contributed by atoms with van der Waals surface area (Å²) in [7, 11) is -3.57. The van der Waals surface area contributed by atoms with Crippen molar-refractivity contribution in [3.63, 3.8) is 0 Å². The van der Waals surface area contributed by atoms with E-state index < -0.39 is 16.1 Å². The molecule has 1 aromatic heterocycles. The van der Waals surface area contributed by atoms with Crippen LogP contribution in [0.25, 0.3) is 0 Å². The quantitative estimate of drug-likeness (QED) is 0.883. The second-order valence-electron chi connectivity index (χ2n) is 4.23. The van der Waals surface area contributed by atoms with Crippen molar-refractivity contribution in [3.05, 3.63) is 15.9 Å². The molecule has 2 heterocycles. The summed E-state index contributed by atoms with van der Waals surface area (Å²) in [6.45, 7) is 2.73. The van der Waals surface area contributed by atoms with E-state index in [0.29, 0.717) is 25.9 Å². The van der Waals surface area contributed by atoms with Gasteiger partial charge in [0.05, 0.1) is 3.79 Å². The fraction of sp³-hybridized carbons (Fsp3) is 0.545. The highest BCUT2D eigenvalue weighted by molar-refractivity contribution is 9.11. The molecule has 1 aliphatic rings. The molecule has 1 N–H and O–H groups in total. The number of sulfonamides is 1. The molecule has 8 heteroatoms. The Morgan fingerprint density at radius 3 is 2.89 bits per heavy atom. The molecule has 0 aromatic carbocycles. The van der Waals surface area contributed by atoms with Gasteiger partial charge < -0.3 is 5.32 Å². The fourth-order valence-corrected chi connectivity index (χ4v) is 5.93. The molecular formula is C11H15BrN2O3S2. The second-order valence-corrected chi connectivity index (χ2v) is 8.81. The van der Waals surface area contributed by atoms with Crippen LogP contribution in [0.4, 0.5) is 0 Å². The molecule has 1 aromatic rings. The summed E-state index contributed by atoms with van der Waals surface area (Å²) >= 11 is 4.42. The summed E-state index contributed by atoms with van der Waals surface area (Å²) < 4.78 is 27.4. The zero-order valence-corrected chi connectivity index (χ0v) is 13.6. The summed E-state index contributed by atoms with van der Waals surface area (Å²) in [6, 6.07) is 2.69. The molecule has 106 valence electrons. The summed E-state index contributed by atoms with van der Waals surface area (Å²) in [5, 5.41) is 2.70. The average Bonchev–Trinajstić information content (AvgIpc) is 2.97. The topological polar surface area (TPSA) is 66.5 Å². The lowest BCUT2D eigenvalue weighted by atomic mass is 10.2. The first kappa shape index (κ1) is 15.0. The SMILES string of the molecule is CCNC(=O)[C@H]1CCCN1S(=O)(=O)c1ccc(Br)s1. The Labute approximate surface area is 125 Å². The van der Waals surface area contributed by atoms with Gasteiger partial charge >= 0.3 is 0 Å². The normalized spacial score (nSPS) is 20.6. The summed E-state index contributed by atoms with van der Waals surface area (Å²) in [5.74, 6) is -0.209. The molecule has 1 saturated heterocycles. The number of nitrogens with one attached hydrogen (secondary N) is 1. The lowest BCUT2D eigenvalue weighted by Crippen LogP contribution is -2.45. The molecule has 2 rings (SSSR count). The third-order valence-electron chi connectivity index (χ3n) is 2.97. The highest BCUT2D eigenvalue weighted by Gasteiger charge is 2.39. The first-order valence-electron chi connectivity index (χ1n) is 6.01. The number of carbonyl (C=O) groups is 1. The van der Waals surface area contributed by atoms with Crippen molar-refractivity contribution in [1.29, 1.82) is 0 Å². The van der Waals surface area contributed by atoms with Crippen molar-refractivity contribution in [2.24, 2.45) is 0 Å². The molecule has 5 nitrogen and oxygen atoms in total. The zero-order valence-electron chi connectivity index (χ0n) is 10.4. The Kier molecular flexibility index (Phi) is 4.65. The maximum absolute atomic E-state index is 12.5. The Morgan fingerprint density at radius 2 is 2.32 bits per heavy atom. The Morgan fingerprint density at radius 1 is 1.58 bits per heavy atom. The number of thiophene rings is 1. The van der Waals surface area contributed by atoms with E-state index in [2.05, 4.69) is 21.2 Å². The van der Waals surface area contributed by atoms with Gasteiger partial charge in [-0.25, -0.2) is 8.42 Å². The monoisotopic (exact) mass is 366 g/mol. The third kappa shape index (κ3) is 3.01. The molecule has 0 unspecified atom stereocenters. The van der Waals surface area contributed by atoms with Crippen LogP contribution >= 0.6 is 27.3 Å². The number of hydrogen-bond acceptors (Lipinski definition) is 4. The van der Waals surface area contributed by atoms with Gasteiger partial charge in [-0.15, -0.1) is 11.3 Å². The number of nitrogens with zero attached hydrogens (tertiary/aromatic N) is 1. The van der Waals surface area contributed by atoms with E-state index in [0.717, 1.165) is 15.1 Å². The van der Waals surface area contributed by atoms with Gasteiger partial charge in [0.2, 0.25) is 5.91 Å². The van der Waals surface area contributed by atoms with Gasteiger partial charge in [0.25, 0.3) is 10.0 Å². The minimum atomic E-state index is -3.57. The number of rotatable bonds is 4. The zero-order chi connectivity index (χ0) is 14.0. The lowest BCUT2D eigenvalue weighted by Gasteiger charge is -2.22. The van der Waals surface area contributed by atoms with Crippen molar-refractivity contribution in [1.82, 2.24) is 9.62 Å². The highest BCUT2D eigenvalue weighted by atomic mass is 79.9. The van der Waals surface area contributed by atoms with Gasteiger partial charge in [0.15, 0.2) is 0 Å². The van der Waals surface area contributed by atoms with Crippen molar-refractivity contribution in [2.75, 3.05) is 13.1 Å². The van der Waals surface area contributed by atoms with Crippen molar-refractivity contribution < 1.29 is 13.2 Å². The minimum absolute atomic E-state index is 0.209. The van der Waals surface area contributed by atoms with Crippen LogP contribution in [0.2, 0.25) is 0 Å². The standard InChI is InChI=1S/C11H15BrN2O3S2/c1-2-13-11(15)8-4-3-7-14(8)19(16,17)10-6-5-9(12)18-10/h5-6,8H,2-4,7H2,1H3,(H,13,15)/t8-/m1/s1. The van der Waals surface area contributed by atoms with E-state index in [1.54, 1.807) is 12.1 Å². The van der Waals surface area contributed by atoms with Crippen LogP contribution in [0.1, 0.15) is 19.8 Å². The fourth-order valence-electron chi connectivity index (χ4n) is 2.13. The maximum Gasteiger partial charge on any atom is 0.253 e. The Bertz CT molecular complexity index is 570. The molecule has 1 fully saturated rings. The van der Waals surface area contributed by atoms with E-state index >= 15 is 0 Å². The molecule has 1 atom stereocenters. The molecule has 19 heavy (non-hydrogen) atoms. The predicted molar refractivity (Wildman–Crippen MR) is 77.6 cm³/mol. The summed E-state index contributed by atoms with van der Waals surface area (Å²) in [5.41, 5.74) is 0. The lowest BCUT2D eigenvalue weighted by molar-refractivity contribution is -0.124. The highest BCUT2D eigenvalue weighted by Crippen LogP contribution is 2.32. The number of likely N-dealkylation sites (N-methyl/N-ethyl adjacent to an activating group) is 1. The van der Waals surface area contributed by atoms with Gasteiger partial charge in [-0.3, -0.25) is 4.79 Å². The molecule has 0 aliphatic carbocycles. The average molecular weight is 367 g/mol. The first-order valence-corrected chi connectivity index (χ1v) is 9.06. The molecular weight excluding hydrogens is 352 g/mol. The Balaban J connectivity index is 2.27. The summed E-state index contributed by atoms with van der Waals surface area (Å²) in [4.78, 5) is 11.9. The van der Waals surface area contributed by atoms with Gasteiger partial charge in [0.1, 0.15) is 10.3 Å². The van der Waals surface area contributed by atoms with Crippen LogP contribution in [-0.2, 0) is 14.8 Å². The number of carbonyl (C=O) groups excluding carboxylic acids is 1. The first-order chi connectivity index (χ1) is 8.96. The molecule has 0 spiro atoms. The molecule has 0 radical (unpaired) electrons. The predicted octanol–water partition coefficient (Wildman–Crippen LogP) is 1.80. The minimum Gasteiger partial charge on any atom is -0.355 e. The van der Waals surface area contributed by atoms with E-state index in [1.807, 2.05) is 6.92 Å². The Hall–Kier alpha value is -0.440. The van der Waals surface area contributed by atoms with Gasteiger partial charge in [-0.1, -0.05) is 0 Å². The smallest absolute Gasteiger partial charge is 0.253 e. The van der Waals surface area contributed by atoms with Crippen molar-refractivity contribution in [2.45, 2.75) is 30.0 Å². The third-order valence-corrected chi connectivity index (χ3v) is 6.97. The molecule has 0 bridgehead atoms. The van der Waals surface area contributed by atoms with Crippen LogP contribution in [0.15, 0.2) is 20.1 Å². The van der Waals surface area contributed by atoms with Crippen LogP contribution in [0.5, 0.6) is 0 Å². The maximum atomic E-state index is 12.5. The van der Waals surface area contributed by atoms with E-state index in [4.69, 9.17) is 0 Å². The van der Waals surface area contributed by atoms with Crippen LogP contribution in [0.3, 0.4) is 0 Å². The number of halogens is 1. The van der Waals surface area contributed by atoms with Crippen LogP contribution in [0, 0.1) is 0 Å². The van der Waals surface area contributed by atoms with Gasteiger partial charge in [0, 0.05) is 13.1 Å².